The third kappa shape index (κ3) is 6.17. The Hall–Kier alpha value is -2.99. The van der Waals surface area contributed by atoms with Gasteiger partial charge >= 0.3 is 0 Å². The second-order valence-electron chi connectivity index (χ2n) is 8.04. The van der Waals surface area contributed by atoms with E-state index >= 15 is 0 Å². The van der Waals surface area contributed by atoms with Crippen molar-refractivity contribution in [2.24, 2.45) is 0 Å². The van der Waals surface area contributed by atoms with Crippen LogP contribution in [0.5, 0.6) is 0 Å². The van der Waals surface area contributed by atoms with Gasteiger partial charge in [-0.2, -0.15) is 4.31 Å². The Morgan fingerprint density at radius 3 is 2.57 bits per heavy atom. The number of nitrogens with one attached hydrogen (secondary N) is 2. The average Bonchev–Trinajstić information content (AvgIpc) is 3.33. The molecule has 9 nitrogen and oxygen atoms in total. The second kappa shape index (κ2) is 10.7. The van der Waals surface area contributed by atoms with Crippen LogP contribution in [0.4, 0.5) is 11.4 Å². The number of carbonyl (C=O) groups is 1. The van der Waals surface area contributed by atoms with Gasteiger partial charge in [0, 0.05) is 52.4 Å². The Balaban J connectivity index is 1.32. The molecule has 2 heterocycles. The zero-order valence-corrected chi connectivity index (χ0v) is 20.9. The maximum atomic E-state index is 13.1. The van der Waals surface area contributed by atoms with E-state index in [1.807, 2.05) is 18.2 Å². The van der Waals surface area contributed by atoms with Crippen LogP contribution in [0.2, 0.25) is 5.02 Å². The highest BCUT2D eigenvalue weighted by molar-refractivity contribution is 7.91. The third-order valence-electron chi connectivity index (χ3n) is 5.62. The van der Waals surface area contributed by atoms with Gasteiger partial charge in [-0.1, -0.05) is 23.7 Å². The van der Waals surface area contributed by atoms with E-state index in [1.165, 1.54) is 28.6 Å². The first-order valence-corrected chi connectivity index (χ1v) is 13.5. The number of nitro groups is 1. The van der Waals surface area contributed by atoms with Crippen molar-refractivity contribution in [2.45, 2.75) is 29.6 Å². The molecule has 0 radical (unpaired) electrons. The highest BCUT2D eigenvalue weighted by atomic mass is 35.5. The summed E-state index contributed by atoms with van der Waals surface area (Å²) in [6, 6.07) is 16.2. The molecule has 35 heavy (non-hydrogen) atoms. The first kappa shape index (κ1) is 25.1. The van der Waals surface area contributed by atoms with Gasteiger partial charge in [-0.05, 0) is 49.2 Å². The third-order valence-corrected chi connectivity index (χ3v) is 9.31. The lowest BCUT2D eigenvalue weighted by atomic mass is 10.1. The largest absolute Gasteiger partial charge is 0.382 e. The fourth-order valence-electron chi connectivity index (χ4n) is 3.80. The average molecular weight is 535 g/mol. The van der Waals surface area contributed by atoms with E-state index in [1.54, 1.807) is 18.2 Å². The van der Waals surface area contributed by atoms with Crippen LogP contribution in [-0.2, 0) is 16.6 Å². The maximum absolute atomic E-state index is 13.1. The normalized spacial score (nSPS) is 15.0. The van der Waals surface area contributed by atoms with Crippen molar-refractivity contribution in [3.8, 4) is 0 Å². The van der Waals surface area contributed by atoms with Crippen LogP contribution in [0.25, 0.3) is 0 Å². The van der Waals surface area contributed by atoms with Gasteiger partial charge in [0.2, 0.25) is 0 Å². The number of non-ortho nitro benzene ring substituents is 1. The number of amides is 1. The van der Waals surface area contributed by atoms with Gasteiger partial charge in [0.25, 0.3) is 21.6 Å². The summed E-state index contributed by atoms with van der Waals surface area (Å²) < 4.78 is 27.9. The zero-order valence-electron chi connectivity index (χ0n) is 18.5. The lowest BCUT2D eigenvalue weighted by Crippen LogP contribution is -2.42. The molecule has 0 spiro atoms. The van der Waals surface area contributed by atoms with E-state index in [2.05, 4.69) is 10.6 Å². The summed E-state index contributed by atoms with van der Waals surface area (Å²) in [6.07, 6.45) is 1.34. The number of hydrogen-bond donors (Lipinski definition) is 2. The predicted molar refractivity (Wildman–Crippen MR) is 135 cm³/mol. The smallest absolute Gasteiger partial charge is 0.270 e. The molecule has 0 saturated carbocycles. The number of halogens is 1. The SMILES string of the molecule is O=C(NCc1ccc(S(=O)(=O)N2CCC(Nc3cccc(Cl)c3)CC2)s1)c1cccc([N+](=O)[O-])c1. The van der Waals surface area contributed by atoms with Crippen molar-refractivity contribution in [3.63, 3.8) is 0 Å². The van der Waals surface area contributed by atoms with Crippen molar-refractivity contribution >= 4 is 50.2 Å². The molecule has 1 aliphatic rings. The number of nitrogens with zero attached hydrogens (tertiary/aromatic N) is 2. The first-order chi connectivity index (χ1) is 16.7. The van der Waals surface area contributed by atoms with Gasteiger partial charge in [0.05, 0.1) is 11.5 Å². The van der Waals surface area contributed by atoms with Crippen molar-refractivity contribution in [2.75, 3.05) is 18.4 Å². The van der Waals surface area contributed by atoms with Gasteiger partial charge in [-0.25, -0.2) is 8.42 Å². The molecule has 4 rings (SSSR count). The molecule has 1 fully saturated rings. The Morgan fingerprint density at radius 2 is 1.86 bits per heavy atom. The number of hydrogen-bond acceptors (Lipinski definition) is 7. The first-order valence-electron chi connectivity index (χ1n) is 10.9. The van der Waals surface area contributed by atoms with Crippen molar-refractivity contribution in [1.82, 2.24) is 9.62 Å². The van der Waals surface area contributed by atoms with Crippen molar-refractivity contribution in [3.05, 3.63) is 86.2 Å². The van der Waals surface area contributed by atoms with Crippen LogP contribution >= 0.6 is 22.9 Å². The number of benzene rings is 2. The fourth-order valence-corrected chi connectivity index (χ4v) is 6.91. The van der Waals surface area contributed by atoms with Gasteiger partial charge in [0.1, 0.15) is 4.21 Å². The summed E-state index contributed by atoms with van der Waals surface area (Å²) in [7, 11) is -3.63. The van der Waals surface area contributed by atoms with Gasteiger partial charge < -0.3 is 10.6 Å². The monoisotopic (exact) mass is 534 g/mol. The molecule has 1 aromatic heterocycles. The fraction of sp³-hybridized carbons (Fsp3) is 0.261. The molecule has 0 bridgehead atoms. The van der Waals surface area contributed by atoms with Crippen LogP contribution in [0.3, 0.4) is 0 Å². The topological polar surface area (TPSA) is 122 Å². The molecule has 1 aliphatic heterocycles. The van der Waals surface area contributed by atoms with Crippen LogP contribution in [-0.4, -0.2) is 42.7 Å². The minimum Gasteiger partial charge on any atom is -0.382 e. The summed E-state index contributed by atoms with van der Waals surface area (Å²) in [5.41, 5.74) is 0.903. The number of thiophene rings is 1. The Bertz CT molecular complexity index is 1340. The number of nitro benzene ring substituents is 1. The molecular weight excluding hydrogens is 512 g/mol. The molecular formula is C23H23ClN4O5S2. The van der Waals surface area contributed by atoms with Crippen LogP contribution < -0.4 is 10.6 Å². The van der Waals surface area contributed by atoms with E-state index in [-0.39, 0.29) is 28.0 Å². The lowest BCUT2D eigenvalue weighted by molar-refractivity contribution is -0.384. The molecule has 184 valence electrons. The molecule has 0 atom stereocenters. The highest BCUT2D eigenvalue weighted by Crippen LogP contribution is 2.28. The number of carbonyl (C=O) groups excluding carboxylic acids is 1. The molecule has 1 saturated heterocycles. The maximum Gasteiger partial charge on any atom is 0.270 e. The van der Waals surface area contributed by atoms with E-state index in [4.69, 9.17) is 11.6 Å². The number of anilines is 1. The molecule has 12 heteroatoms. The highest BCUT2D eigenvalue weighted by Gasteiger charge is 2.30. The van der Waals surface area contributed by atoms with Gasteiger partial charge in [0.15, 0.2) is 0 Å². The number of piperidine rings is 1. The van der Waals surface area contributed by atoms with Crippen LogP contribution in [0.15, 0.2) is 64.9 Å². The Morgan fingerprint density at radius 1 is 1.11 bits per heavy atom. The van der Waals surface area contributed by atoms with Gasteiger partial charge in [-0.15, -0.1) is 11.3 Å². The van der Waals surface area contributed by atoms with Crippen molar-refractivity contribution < 1.29 is 18.1 Å². The van der Waals surface area contributed by atoms with Crippen molar-refractivity contribution in [1.29, 1.82) is 0 Å². The van der Waals surface area contributed by atoms with E-state index in [0.717, 1.165) is 17.0 Å². The van der Waals surface area contributed by atoms with Crippen LogP contribution in [0, 0.1) is 10.1 Å². The van der Waals surface area contributed by atoms with E-state index < -0.39 is 20.9 Å². The summed E-state index contributed by atoms with van der Waals surface area (Å²) in [4.78, 5) is 23.4. The predicted octanol–water partition coefficient (Wildman–Crippen LogP) is 4.50. The Kier molecular flexibility index (Phi) is 7.70. The molecule has 0 unspecified atom stereocenters. The van der Waals surface area contributed by atoms with E-state index in [0.29, 0.717) is 35.8 Å². The van der Waals surface area contributed by atoms with E-state index in [9.17, 15) is 23.3 Å². The molecule has 0 aliphatic carbocycles. The lowest BCUT2D eigenvalue weighted by Gasteiger charge is -2.31. The number of rotatable bonds is 8. The molecule has 2 aromatic carbocycles. The van der Waals surface area contributed by atoms with Gasteiger partial charge in [-0.3, -0.25) is 14.9 Å². The summed E-state index contributed by atoms with van der Waals surface area (Å²) in [5, 5.41) is 17.6. The summed E-state index contributed by atoms with van der Waals surface area (Å²) in [6.45, 7) is 0.919. The minimum absolute atomic E-state index is 0.118. The number of sulfonamides is 1. The minimum atomic E-state index is -3.63. The second-order valence-corrected chi connectivity index (χ2v) is 11.8. The Labute approximate surface area is 211 Å². The molecule has 3 aromatic rings. The molecule has 1 amide bonds. The standard InChI is InChI=1S/C23H23ClN4O5S2/c24-17-4-2-5-19(14-17)26-18-9-11-27(12-10-18)35(32,33)22-8-7-21(34-22)15-25-23(29)16-3-1-6-20(13-16)28(30)31/h1-8,13-14,18,26H,9-12,15H2,(H,25,29). The zero-order chi connectivity index (χ0) is 25.0. The summed E-state index contributed by atoms with van der Waals surface area (Å²) in [5.74, 6) is -0.471. The molecule has 2 N–H and O–H groups in total. The summed E-state index contributed by atoms with van der Waals surface area (Å²) >= 11 is 7.13. The van der Waals surface area contributed by atoms with Crippen LogP contribution in [0.1, 0.15) is 28.1 Å². The quantitative estimate of drug-likeness (QED) is 0.324.